The number of rotatable bonds is 5. The van der Waals surface area contributed by atoms with Gasteiger partial charge < -0.3 is 0 Å². The Labute approximate surface area is 138 Å². The first-order valence-electron chi connectivity index (χ1n) is 8.89. The highest BCUT2D eigenvalue weighted by Gasteiger charge is 2.58. The first-order chi connectivity index (χ1) is 11.2. The first-order valence-corrected chi connectivity index (χ1v) is 8.89. The first kappa shape index (κ1) is 16.2. The molecule has 1 aliphatic carbocycles. The maximum absolute atomic E-state index is 13.2. The van der Waals surface area contributed by atoms with Gasteiger partial charge in [0.2, 0.25) is 0 Å². The highest BCUT2D eigenvalue weighted by atomic mass is 16.2. The molecule has 1 N–H and O–H groups in total. The minimum Gasteiger partial charge on any atom is -0.298 e. The van der Waals surface area contributed by atoms with Crippen molar-refractivity contribution in [3.63, 3.8) is 0 Å². The van der Waals surface area contributed by atoms with Crippen molar-refractivity contribution in [3.8, 4) is 0 Å². The monoisotopic (exact) mass is 314 g/mol. The summed E-state index contributed by atoms with van der Waals surface area (Å²) in [5, 5.41) is 1.62. The van der Waals surface area contributed by atoms with Crippen LogP contribution in [0, 0.1) is 5.41 Å². The van der Waals surface area contributed by atoms with Gasteiger partial charge in [0.25, 0.3) is 5.91 Å². The molecule has 2 fully saturated rings. The van der Waals surface area contributed by atoms with E-state index in [9.17, 15) is 9.59 Å². The molecule has 4 nitrogen and oxygen atoms in total. The lowest BCUT2D eigenvalue weighted by molar-refractivity contribution is -0.141. The number of unbranched alkanes of at least 4 members (excludes halogenated alkanes) is 2. The van der Waals surface area contributed by atoms with E-state index in [1.807, 2.05) is 30.3 Å². The molecule has 124 valence electrons. The van der Waals surface area contributed by atoms with E-state index in [1.54, 1.807) is 5.01 Å². The second-order valence-corrected chi connectivity index (χ2v) is 6.76. The predicted octanol–water partition coefficient (Wildman–Crippen LogP) is 3.62. The van der Waals surface area contributed by atoms with Gasteiger partial charge in [-0.05, 0) is 31.4 Å². The number of nitrogens with zero attached hydrogens (tertiary/aromatic N) is 1. The fourth-order valence-corrected chi connectivity index (χ4v) is 4.00. The SMILES string of the molecule is CCCCC[C@@H]1NN(c2ccccc2)C(=O)[C@@]12CCCCC2=O. The summed E-state index contributed by atoms with van der Waals surface area (Å²) in [6.45, 7) is 2.17. The van der Waals surface area contributed by atoms with Gasteiger partial charge in [0.1, 0.15) is 11.2 Å². The molecule has 2 atom stereocenters. The molecular weight excluding hydrogens is 288 g/mol. The zero-order valence-corrected chi connectivity index (χ0v) is 13.9. The third kappa shape index (κ3) is 2.80. The molecule has 0 aromatic heterocycles. The molecule has 1 spiro atoms. The Balaban J connectivity index is 1.90. The number of anilines is 1. The summed E-state index contributed by atoms with van der Waals surface area (Å²) < 4.78 is 0. The fraction of sp³-hybridized carbons (Fsp3) is 0.579. The number of hydrogen-bond donors (Lipinski definition) is 1. The van der Waals surface area contributed by atoms with Crippen LogP contribution in [0.2, 0.25) is 0 Å². The molecule has 23 heavy (non-hydrogen) atoms. The third-order valence-corrected chi connectivity index (χ3v) is 5.30. The van der Waals surface area contributed by atoms with Crippen molar-refractivity contribution in [3.05, 3.63) is 30.3 Å². The average molecular weight is 314 g/mol. The molecule has 1 saturated heterocycles. The highest BCUT2D eigenvalue weighted by molar-refractivity contribution is 6.14. The molecule has 1 saturated carbocycles. The molecule has 2 aliphatic rings. The number of benzene rings is 1. The molecule has 1 aliphatic heterocycles. The molecule has 0 radical (unpaired) electrons. The van der Waals surface area contributed by atoms with Crippen LogP contribution < -0.4 is 10.4 Å². The van der Waals surface area contributed by atoms with Crippen molar-refractivity contribution in [1.82, 2.24) is 5.43 Å². The number of hydrazine groups is 1. The minimum atomic E-state index is -0.832. The Morgan fingerprint density at radius 2 is 1.96 bits per heavy atom. The molecule has 1 aromatic rings. The van der Waals surface area contributed by atoms with Crippen LogP contribution in [0.5, 0.6) is 0 Å². The Kier molecular flexibility index (Phi) is 4.81. The van der Waals surface area contributed by atoms with Crippen molar-refractivity contribution in [2.75, 3.05) is 5.01 Å². The van der Waals surface area contributed by atoms with Crippen LogP contribution in [0.25, 0.3) is 0 Å². The molecular formula is C19H26N2O2. The van der Waals surface area contributed by atoms with Crippen LogP contribution >= 0.6 is 0 Å². The van der Waals surface area contributed by atoms with Gasteiger partial charge in [0, 0.05) is 12.5 Å². The van der Waals surface area contributed by atoms with Gasteiger partial charge in [0.05, 0.1) is 5.69 Å². The quantitative estimate of drug-likeness (QED) is 0.667. The van der Waals surface area contributed by atoms with E-state index in [-0.39, 0.29) is 17.7 Å². The van der Waals surface area contributed by atoms with Crippen LogP contribution in [0.1, 0.15) is 58.3 Å². The number of hydrogen-bond acceptors (Lipinski definition) is 3. The van der Waals surface area contributed by atoms with E-state index in [0.717, 1.165) is 44.2 Å². The molecule has 4 heteroatoms. The smallest absolute Gasteiger partial charge is 0.256 e. The lowest BCUT2D eigenvalue weighted by Gasteiger charge is -2.33. The Hall–Kier alpha value is -1.68. The molecule has 0 unspecified atom stereocenters. The van der Waals surface area contributed by atoms with Crippen LogP contribution in [0.4, 0.5) is 5.69 Å². The van der Waals surface area contributed by atoms with Gasteiger partial charge in [0.15, 0.2) is 0 Å². The number of ketones is 1. The second kappa shape index (κ2) is 6.83. The average Bonchev–Trinajstić information content (AvgIpc) is 2.85. The summed E-state index contributed by atoms with van der Waals surface area (Å²) in [6, 6.07) is 9.55. The number of Topliss-reactive ketones (excluding diaryl/α,β-unsaturated/α-hetero) is 1. The van der Waals surface area contributed by atoms with Crippen LogP contribution in [-0.4, -0.2) is 17.7 Å². The second-order valence-electron chi connectivity index (χ2n) is 6.76. The van der Waals surface area contributed by atoms with Gasteiger partial charge in [-0.25, -0.2) is 10.4 Å². The lowest BCUT2D eigenvalue weighted by Crippen LogP contribution is -2.48. The summed E-state index contributed by atoms with van der Waals surface area (Å²) in [6.07, 6.45) is 7.34. The van der Waals surface area contributed by atoms with Crippen LogP contribution in [-0.2, 0) is 9.59 Å². The van der Waals surface area contributed by atoms with E-state index in [4.69, 9.17) is 0 Å². The predicted molar refractivity (Wildman–Crippen MR) is 90.9 cm³/mol. The van der Waals surface area contributed by atoms with Crippen LogP contribution in [0.15, 0.2) is 30.3 Å². The maximum atomic E-state index is 13.2. The van der Waals surface area contributed by atoms with Gasteiger partial charge in [-0.2, -0.15) is 0 Å². The molecule has 1 amide bonds. The third-order valence-electron chi connectivity index (χ3n) is 5.30. The molecule has 1 aromatic carbocycles. The van der Waals surface area contributed by atoms with E-state index >= 15 is 0 Å². The van der Waals surface area contributed by atoms with Crippen molar-refractivity contribution >= 4 is 17.4 Å². The van der Waals surface area contributed by atoms with Crippen molar-refractivity contribution in [2.24, 2.45) is 5.41 Å². The van der Waals surface area contributed by atoms with Gasteiger partial charge in [-0.15, -0.1) is 0 Å². The summed E-state index contributed by atoms with van der Waals surface area (Å²) in [5.41, 5.74) is 3.37. The Morgan fingerprint density at radius 3 is 2.65 bits per heavy atom. The summed E-state index contributed by atoms with van der Waals surface area (Å²) in [4.78, 5) is 25.9. The Bertz CT molecular complexity index is 572. The van der Waals surface area contributed by atoms with E-state index in [2.05, 4.69) is 12.3 Å². The summed E-state index contributed by atoms with van der Waals surface area (Å²) >= 11 is 0. The highest BCUT2D eigenvalue weighted by Crippen LogP contribution is 2.44. The maximum Gasteiger partial charge on any atom is 0.256 e. The Morgan fingerprint density at radius 1 is 1.17 bits per heavy atom. The van der Waals surface area contributed by atoms with Crippen LogP contribution in [0.3, 0.4) is 0 Å². The van der Waals surface area contributed by atoms with E-state index < -0.39 is 5.41 Å². The van der Waals surface area contributed by atoms with E-state index in [1.165, 1.54) is 0 Å². The number of carbonyl (C=O) groups excluding carboxylic acids is 2. The number of nitrogens with one attached hydrogen (secondary N) is 1. The van der Waals surface area contributed by atoms with Crippen molar-refractivity contribution in [1.29, 1.82) is 0 Å². The standard InChI is InChI=1S/C19H26N2O2/c1-2-3-5-12-16-19(14-9-8-13-17(19)22)18(23)21(20-16)15-10-6-4-7-11-15/h4,6-7,10-11,16,20H,2-3,5,8-9,12-14H2,1H3/t16-,19-/m0/s1. The zero-order valence-electron chi connectivity index (χ0n) is 13.9. The zero-order chi connectivity index (χ0) is 16.3. The minimum absolute atomic E-state index is 0.0464. The normalized spacial score (nSPS) is 27.9. The van der Waals surface area contributed by atoms with Gasteiger partial charge in [-0.3, -0.25) is 9.59 Å². The van der Waals surface area contributed by atoms with Gasteiger partial charge in [-0.1, -0.05) is 50.8 Å². The number of amides is 1. The van der Waals surface area contributed by atoms with Crippen molar-refractivity contribution in [2.45, 2.75) is 64.3 Å². The lowest BCUT2D eigenvalue weighted by atomic mass is 9.67. The largest absolute Gasteiger partial charge is 0.298 e. The molecule has 3 rings (SSSR count). The topological polar surface area (TPSA) is 49.4 Å². The van der Waals surface area contributed by atoms with Crippen molar-refractivity contribution < 1.29 is 9.59 Å². The number of para-hydroxylation sites is 1. The summed E-state index contributed by atoms with van der Waals surface area (Å²) in [5.74, 6) is 0.0936. The molecule has 0 bridgehead atoms. The summed E-state index contributed by atoms with van der Waals surface area (Å²) in [7, 11) is 0. The number of carbonyl (C=O) groups is 2. The molecule has 1 heterocycles. The van der Waals surface area contributed by atoms with E-state index in [0.29, 0.717) is 12.8 Å². The fourth-order valence-electron chi connectivity index (χ4n) is 4.00. The van der Waals surface area contributed by atoms with Gasteiger partial charge >= 0.3 is 0 Å².